The third-order valence-corrected chi connectivity index (χ3v) is 4.08. The summed E-state index contributed by atoms with van der Waals surface area (Å²) in [6, 6.07) is 0.977. The predicted octanol–water partition coefficient (Wildman–Crippen LogP) is -0.150. The Hall–Kier alpha value is -0.160. The van der Waals surface area contributed by atoms with Gasteiger partial charge in [0.25, 0.3) is 0 Å². The molecule has 0 aromatic heterocycles. The van der Waals surface area contributed by atoms with E-state index in [-0.39, 0.29) is 19.3 Å². The van der Waals surface area contributed by atoms with Crippen LogP contribution >= 0.6 is 0 Å². The molecule has 94 valence electrons. The van der Waals surface area contributed by atoms with Crippen molar-refractivity contribution in [2.24, 2.45) is 5.92 Å². The summed E-state index contributed by atoms with van der Waals surface area (Å²) in [7, 11) is 0. The Balaban J connectivity index is 1.87. The first kappa shape index (κ1) is 12.3. The van der Waals surface area contributed by atoms with Gasteiger partial charge in [0.05, 0.1) is 19.3 Å². The molecular weight excluding hydrogens is 204 g/mol. The van der Waals surface area contributed by atoms with Crippen molar-refractivity contribution >= 4 is 0 Å². The molecule has 0 amide bonds. The van der Waals surface area contributed by atoms with Gasteiger partial charge in [-0.2, -0.15) is 0 Å². The Labute approximate surface area is 97.4 Å². The maximum absolute atomic E-state index is 9.10. The molecule has 1 saturated heterocycles. The maximum atomic E-state index is 9.10. The van der Waals surface area contributed by atoms with Gasteiger partial charge in [0.15, 0.2) is 0 Å². The van der Waals surface area contributed by atoms with Crippen molar-refractivity contribution in [2.45, 2.75) is 50.2 Å². The highest BCUT2D eigenvalue weighted by atomic mass is 16.3. The van der Waals surface area contributed by atoms with E-state index < -0.39 is 0 Å². The highest BCUT2D eigenvalue weighted by molar-refractivity contribution is 4.94. The van der Waals surface area contributed by atoms with Crippen LogP contribution in [-0.4, -0.2) is 48.1 Å². The molecular formula is C12H24N2O2. The Morgan fingerprint density at radius 3 is 2.56 bits per heavy atom. The molecule has 1 heterocycles. The number of rotatable bonds is 5. The van der Waals surface area contributed by atoms with Gasteiger partial charge in [0, 0.05) is 12.1 Å². The summed E-state index contributed by atoms with van der Waals surface area (Å²) >= 11 is 0. The second-order valence-electron chi connectivity index (χ2n) is 5.13. The Kier molecular flexibility index (Phi) is 4.58. The fourth-order valence-corrected chi connectivity index (χ4v) is 3.22. The first-order valence-corrected chi connectivity index (χ1v) is 6.56. The van der Waals surface area contributed by atoms with Crippen molar-refractivity contribution in [2.75, 3.05) is 19.8 Å². The molecule has 4 nitrogen and oxygen atoms in total. The first-order chi connectivity index (χ1) is 7.85. The monoisotopic (exact) mass is 228 g/mol. The summed E-state index contributed by atoms with van der Waals surface area (Å²) in [4.78, 5) is 0. The van der Waals surface area contributed by atoms with Gasteiger partial charge in [-0.1, -0.05) is 6.42 Å². The molecule has 2 aliphatic rings. The van der Waals surface area contributed by atoms with E-state index >= 15 is 0 Å². The average Bonchev–Trinajstić information content (AvgIpc) is 2.95. The van der Waals surface area contributed by atoms with E-state index in [2.05, 4.69) is 10.6 Å². The topological polar surface area (TPSA) is 64.5 Å². The second-order valence-corrected chi connectivity index (χ2v) is 5.13. The van der Waals surface area contributed by atoms with Crippen LogP contribution in [0.3, 0.4) is 0 Å². The van der Waals surface area contributed by atoms with E-state index in [9.17, 15) is 0 Å². The summed E-state index contributed by atoms with van der Waals surface area (Å²) in [5.41, 5.74) is 0. The van der Waals surface area contributed by atoms with Crippen molar-refractivity contribution in [3.8, 4) is 0 Å². The molecule has 0 radical (unpaired) electrons. The van der Waals surface area contributed by atoms with Crippen LogP contribution in [0.25, 0.3) is 0 Å². The van der Waals surface area contributed by atoms with Gasteiger partial charge in [0.2, 0.25) is 0 Å². The fraction of sp³-hybridized carbons (Fsp3) is 1.00. The lowest BCUT2D eigenvalue weighted by molar-refractivity contribution is 0.151. The largest absolute Gasteiger partial charge is 0.395 e. The smallest absolute Gasteiger partial charge is 0.0607 e. The lowest BCUT2D eigenvalue weighted by Gasteiger charge is -2.29. The maximum Gasteiger partial charge on any atom is 0.0607 e. The van der Waals surface area contributed by atoms with Gasteiger partial charge in [0.1, 0.15) is 0 Å². The van der Waals surface area contributed by atoms with Crippen molar-refractivity contribution < 1.29 is 10.2 Å². The third-order valence-electron chi connectivity index (χ3n) is 4.08. The van der Waals surface area contributed by atoms with Crippen molar-refractivity contribution in [3.63, 3.8) is 0 Å². The average molecular weight is 228 g/mol. The third kappa shape index (κ3) is 2.74. The normalized spacial score (nSPS) is 35.1. The van der Waals surface area contributed by atoms with Crippen molar-refractivity contribution in [1.29, 1.82) is 0 Å². The Morgan fingerprint density at radius 1 is 1.12 bits per heavy atom. The van der Waals surface area contributed by atoms with Gasteiger partial charge in [-0.15, -0.1) is 0 Å². The van der Waals surface area contributed by atoms with E-state index in [0.717, 1.165) is 6.54 Å². The molecule has 4 heteroatoms. The minimum absolute atomic E-state index is 0.0256. The molecule has 0 aromatic carbocycles. The number of hydrogen-bond donors (Lipinski definition) is 4. The fourth-order valence-electron chi connectivity index (χ4n) is 3.22. The molecule has 4 N–H and O–H groups in total. The molecule has 2 fully saturated rings. The van der Waals surface area contributed by atoms with E-state index in [4.69, 9.17) is 10.2 Å². The van der Waals surface area contributed by atoms with Gasteiger partial charge in [-0.3, -0.25) is 0 Å². The molecule has 1 aliphatic heterocycles. The zero-order valence-electron chi connectivity index (χ0n) is 9.86. The summed E-state index contributed by atoms with van der Waals surface area (Å²) in [5.74, 6) is 0.683. The number of aliphatic hydroxyl groups is 2. The molecule has 0 aromatic rings. The van der Waals surface area contributed by atoms with Crippen molar-refractivity contribution in [3.05, 3.63) is 0 Å². The van der Waals surface area contributed by atoms with Crippen LogP contribution in [0, 0.1) is 5.92 Å². The van der Waals surface area contributed by atoms with Crippen molar-refractivity contribution in [1.82, 2.24) is 10.6 Å². The predicted molar refractivity (Wildman–Crippen MR) is 63.2 cm³/mol. The number of aliphatic hydroxyl groups excluding tert-OH is 2. The van der Waals surface area contributed by atoms with Crippen LogP contribution in [0.5, 0.6) is 0 Å². The van der Waals surface area contributed by atoms with Gasteiger partial charge >= 0.3 is 0 Å². The zero-order chi connectivity index (χ0) is 11.4. The Morgan fingerprint density at radius 2 is 1.94 bits per heavy atom. The van der Waals surface area contributed by atoms with E-state index in [1.54, 1.807) is 0 Å². The number of hydrogen-bond acceptors (Lipinski definition) is 4. The van der Waals surface area contributed by atoms with E-state index in [0.29, 0.717) is 18.0 Å². The second kappa shape index (κ2) is 5.96. The zero-order valence-corrected chi connectivity index (χ0v) is 9.86. The minimum Gasteiger partial charge on any atom is -0.395 e. The molecule has 1 aliphatic carbocycles. The highest BCUT2D eigenvalue weighted by Gasteiger charge is 2.35. The minimum atomic E-state index is -0.146. The molecule has 2 rings (SSSR count). The van der Waals surface area contributed by atoms with Crippen LogP contribution < -0.4 is 10.6 Å². The summed E-state index contributed by atoms with van der Waals surface area (Å²) in [6.45, 7) is 1.20. The van der Waals surface area contributed by atoms with Gasteiger partial charge in [-0.25, -0.2) is 0 Å². The molecule has 0 bridgehead atoms. The van der Waals surface area contributed by atoms with Gasteiger partial charge in [-0.05, 0) is 38.1 Å². The van der Waals surface area contributed by atoms with Crippen LogP contribution in [-0.2, 0) is 0 Å². The molecule has 0 spiro atoms. The van der Waals surface area contributed by atoms with Gasteiger partial charge < -0.3 is 20.8 Å². The van der Waals surface area contributed by atoms with Crippen LogP contribution in [0.4, 0.5) is 0 Å². The SMILES string of the molecule is OCC(CO)NC1CCCC1C1CCCN1. The lowest BCUT2D eigenvalue weighted by Crippen LogP contribution is -2.48. The lowest BCUT2D eigenvalue weighted by atomic mass is 9.92. The van der Waals surface area contributed by atoms with E-state index in [1.807, 2.05) is 0 Å². The molecule has 1 saturated carbocycles. The molecule has 3 unspecified atom stereocenters. The summed E-state index contributed by atoms with van der Waals surface area (Å²) < 4.78 is 0. The summed E-state index contributed by atoms with van der Waals surface area (Å²) in [5, 5.41) is 25.2. The standard InChI is InChI=1S/C12H24N2O2/c15-7-9(8-16)14-12-4-1-3-10(12)11-5-2-6-13-11/h9-16H,1-8H2. The highest BCUT2D eigenvalue weighted by Crippen LogP contribution is 2.32. The first-order valence-electron chi connectivity index (χ1n) is 6.56. The van der Waals surface area contributed by atoms with Crippen LogP contribution in [0.2, 0.25) is 0 Å². The van der Waals surface area contributed by atoms with E-state index in [1.165, 1.54) is 32.1 Å². The molecule has 3 atom stereocenters. The number of nitrogens with one attached hydrogen (secondary N) is 2. The quantitative estimate of drug-likeness (QED) is 0.528. The summed E-state index contributed by atoms with van der Waals surface area (Å²) in [6.07, 6.45) is 6.30. The Bertz CT molecular complexity index is 203. The van der Waals surface area contributed by atoms with Crippen LogP contribution in [0.1, 0.15) is 32.1 Å². The molecule has 16 heavy (non-hydrogen) atoms. The van der Waals surface area contributed by atoms with Crippen LogP contribution in [0.15, 0.2) is 0 Å².